The molecule has 2 heterocycles. The third kappa shape index (κ3) is 4.14. The van der Waals surface area contributed by atoms with Crippen LogP contribution in [0.3, 0.4) is 0 Å². The molecule has 26 heavy (non-hydrogen) atoms. The number of hydrogen-bond donors (Lipinski definition) is 1. The molecule has 0 atom stereocenters. The maximum atomic E-state index is 12.8. The van der Waals surface area contributed by atoms with Crippen LogP contribution in [0.2, 0.25) is 0 Å². The van der Waals surface area contributed by atoms with Crippen LogP contribution in [0, 0.1) is 0 Å². The monoisotopic (exact) mass is 372 g/mol. The first kappa shape index (κ1) is 18.6. The predicted octanol–water partition coefficient (Wildman–Crippen LogP) is 4.15. The van der Waals surface area contributed by atoms with E-state index in [4.69, 9.17) is 4.74 Å². The van der Waals surface area contributed by atoms with Crippen molar-refractivity contribution in [3.63, 3.8) is 0 Å². The van der Waals surface area contributed by atoms with Crippen molar-refractivity contribution >= 4 is 28.5 Å². The Morgan fingerprint density at radius 1 is 1.35 bits per heavy atom. The fourth-order valence-corrected chi connectivity index (χ4v) is 4.13. The number of rotatable bonds is 3. The summed E-state index contributed by atoms with van der Waals surface area (Å²) >= 11 is 1.52. The van der Waals surface area contributed by atoms with Crippen molar-refractivity contribution in [3.05, 3.63) is 45.8 Å². The summed E-state index contributed by atoms with van der Waals surface area (Å²) in [7, 11) is 2.07. The second-order valence-corrected chi connectivity index (χ2v) is 8.57. The standard InChI is InChI=1S/C20H24N2O3S/c1-20(2,3)25-19(24)17-14-9-10-22(4)12-16(14)26-18(17)21-11-13-7-5-6-8-15(13)23/h5-8,11,23H,9-10,12H2,1-4H3/b21-11+. The van der Waals surface area contributed by atoms with Gasteiger partial charge in [0.05, 0.1) is 5.56 Å². The number of hydrogen-bond acceptors (Lipinski definition) is 6. The lowest BCUT2D eigenvalue weighted by Crippen LogP contribution is -2.28. The van der Waals surface area contributed by atoms with Crippen molar-refractivity contribution in [3.8, 4) is 5.75 Å². The summed E-state index contributed by atoms with van der Waals surface area (Å²) in [6.45, 7) is 7.30. The minimum Gasteiger partial charge on any atom is -0.507 e. The fraction of sp³-hybridized carbons (Fsp3) is 0.400. The molecule has 1 aliphatic rings. The van der Waals surface area contributed by atoms with Gasteiger partial charge in [-0.3, -0.25) is 0 Å². The maximum absolute atomic E-state index is 12.8. The number of ether oxygens (including phenoxy) is 1. The number of carbonyl (C=O) groups excluding carboxylic acids is 1. The van der Waals surface area contributed by atoms with Gasteiger partial charge in [0, 0.05) is 29.7 Å². The van der Waals surface area contributed by atoms with Gasteiger partial charge in [0.2, 0.25) is 0 Å². The quantitative estimate of drug-likeness (QED) is 0.649. The van der Waals surface area contributed by atoms with Crippen LogP contribution in [0.15, 0.2) is 29.3 Å². The largest absolute Gasteiger partial charge is 0.507 e. The molecule has 2 aromatic rings. The number of thiophene rings is 1. The second-order valence-electron chi connectivity index (χ2n) is 7.49. The Hall–Kier alpha value is -2.18. The van der Waals surface area contributed by atoms with Crippen molar-refractivity contribution in [2.24, 2.45) is 4.99 Å². The highest BCUT2D eigenvalue weighted by atomic mass is 32.1. The van der Waals surface area contributed by atoms with Gasteiger partial charge in [-0.1, -0.05) is 12.1 Å². The third-order valence-corrected chi connectivity index (χ3v) is 5.21. The van der Waals surface area contributed by atoms with Crippen molar-refractivity contribution in [1.29, 1.82) is 0 Å². The van der Waals surface area contributed by atoms with Crippen LogP contribution in [0.1, 0.15) is 47.1 Å². The molecular weight excluding hydrogens is 348 g/mol. The molecule has 0 spiro atoms. The zero-order valence-electron chi connectivity index (χ0n) is 15.6. The zero-order chi connectivity index (χ0) is 18.9. The summed E-state index contributed by atoms with van der Waals surface area (Å²) in [5.74, 6) is -0.167. The van der Waals surface area contributed by atoms with Gasteiger partial charge in [0.1, 0.15) is 16.4 Å². The number of carbonyl (C=O) groups is 1. The van der Waals surface area contributed by atoms with Crippen LogP contribution in [0.25, 0.3) is 0 Å². The summed E-state index contributed by atoms with van der Waals surface area (Å²) in [5.41, 5.74) is 1.67. The van der Waals surface area contributed by atoms with E-state index in [1.54, 1.807) is 24.4 Å². The van der Waals surface area contributed by atoms with Crippen molar-refractivity contribution < 1.29 is 14.6 Å². The molecule has 0 saturated heterocycles. The Balaban J connectivity index is 2.01. The third-order valence-electron chi connectivity index (χ3n) is 4.09. The maximum Gasteiger partial charge on any atom is 0.342 e. The lowest BCUT2D eigenvalue weighted by Gasteiger charge is -2.23. The van der Waals surface area contributed by atoms with Gasteiger partial charge >= 0.3 is 5.97 Å². The molecule has 0 amide bonds. The average Bonchev–Trinajstić information content (AvgIpc) is 2.90. The number of benzene rings is 1. The number of para-hydroxylation sites is 1. The van der Waals surface area contributed by atoms with Gasteiger partial charge in [-0.15, -0.1) is 11.3 Å². The van der Waals surface area contributed by atoms with Gasteiger partial charge in [-0.05, 0) is 51.9 Å². The van der Waals surface area contributed by atoms with E-state index in [9.17, 15) is 9.90 Å². The Morgan fingerprint density at radius 2 is 2.08 bits per heavy atom. The number of fused-ring (bicyclic) bond motifs is 1. The van der Waals surface area contributed by atoms with Gasteiger partial charge in [0.25, 0.3) is 0 Å². The first-order valence-corrected chi connectivity index (χ1v) is 9.45. The molecule has 5 nitrogen and oxygen atoms in total. The second kappa shape index (κ2) is 7.21. The summed E-state index contributed by atoms with van der Waals surface area (Å²) in [6, 6.07) is 7.00. The molecule has 0 fully saturated rings. The van der Waals surface area contributed by atoms with Gasteiger partial charge in [-0.2, -0.15) is 0 Å². The van der Waals surface area contributed by atoms with Crippen molar-refractivity contribution in [2.75, 3.05) is 13.6 Å². The number of aliphatic imine (C=N–C) groups is 1. The molecular formula is C20H24N2O3S. The van der Waals surface area contributed by atoms with Gasteiger partial charge < -0.3 is 14.7 Å². The Morgan fingerprint density at radius 3 is 2.77 bits per heavy atom. The highest BCUT2D eigenvalue weighted by Crippen LogP contribution is 2.39. The molecule has 0 aliphatic carbocycles. The molecule has 1 aromatic carbocycles. The van der Waals surface area contributed by atoms with Crippen LogP contribution < -0.4 is 0 Å². The van der Waals surface area contributed by atoms with Crippen molar-refractivity contribution in [2.45, 2.75) is 39.3 Å². The summed E-state index contributed by atoms with van der Waals surface area (Å²) < 4.78 is 5.62. The molecule has 1 aliphatic heterocycles. The van der Waals surface area contributed by atoms with E-state index in [-0.39, 0.29) is 11.7 Å². The topological polar surface area (TPSA) is 62.1 Å². The highest BCUT2D eigenvalue weighted by Gasteiger charge is 2.29. The normalized spacial score (nSPS) is 15.2. The minimum atomic E-state index is -0.559. The van der Waals surface area contributed by atoms with E-state index in [0.717, 1.165) is 30.0 Å². The zero-order valence-corrected chi connectivity index (χ0v) is 16.4. The SMILES string of the molecule is CN1CCc2c(sc(/N=C/c3ccccc3O)c2C(=O)OC(C)(C)C)C1. The molecule has 1 aromatic heterocycles. The predicted molar refractivity (Wildman–Crippen MR) is 105 cm³/mol. The van der Waals surface area contributed by atoms with E-state index in [0.29, 0.717) is 16.1 Å². The fourth-order valence-electron chi connectivity index (χ4n) is 2.87. The molecule has 3 rings (SSSR count). The van der Waals surface area contributed by atoms with Gasteiger partial charge in [-0.25, -0.2) is 9.79 Å². The molecule has 138 valence electrons. The Bertz CT molecular complexity index is 849. The number of esters is 1. The number of likely N-dealkylation sites (N-methyl/N-ethyl adjacent to an activating group) is 1. The van der Waals surface area contributed by atoms with E-state index in [2.05, 4.69) is 16.9 Å². The number of phenols is 1. The van der Waals surface area contributed by atoms with Crippen LogP contribution in [0.5, 0.6) is 5.75 Å². The summed E-state index contributed by atoms with van der Waals surface area (Å²) in [5, 5.41) is 10.6. The summed E-state index contributed by atoms with van der Waals surface area (Å²) in [6.07, 6.45) is 2.41. The lowest BCUT2D eigenvalue weighted by molar-refractivity contribution is 0.00694. The molecule has 0 bridgehead atoms. The first-order valence-electron chi connectivity index (χ1n) is 8.63. The minimum absolute atomic E-state index is 0.163. The molecule has 6 heteroatoms. The molecule has 1 N–H and O–H groups in total. The van der Waals surface area contributed by atoms with Crippen LogP contribution in [0.4, 0.5) is 5.00 Å². The average molecular weight is 372 g/mol. The molecule has 0 radical (unpaired) electrons. The Labute approximate surface area is 157 Å². The van der Waals surface area contributed by atoms with E-state index >= 15 is 0 Å². The van der Waals surface area contributed by atoms with Gasteiger partial charge in [0.15, 0.2) is 0 Å². The number of aromatic hydroxyl groups is 1. The van der Waals surface area contributed by atoms with Crippen LogP contribution in [-0.2, 0) is 17.7 Å². The molecule has 0 unspecified atom stereocenters. The van der Waals surface area contributed by atoms with Crippen LogP contribution >= 0.6 is 11.3 Å². The lowest BCUT2D eigenvalue weighted by atomic mass is 10.0. The first-order chi connectivity index (χ1) is 12.2. The Kier molecular flexibility index (Phi) is 5.16. The van der Waals surface area contributed by atoms with E-state index < -0.39 is 5.60 Å². The highest BCUT2D eigenvalue weighted by molar-refractivity contribution is 7.16. The van der Waals surface area contributed by atoms with Crippen molar-refractivity contribution in [1.82, 2.24) is 4.90 Å². The smallest absolute Gasteiger partial charge is 0.342 e. The van der Waals surface area contributed by atoms with E-state index in [1.165, 1.54) is 11.3 Å². The molecule has 0 saturated carbocycles. The van der Waals surface area contributed by atoms with E-state index in [1.807, 2.05) is 26.8 Å². The van der Waals surface area contributed by atoms with Crippen LogP contribution in [-0.4, -0.2) is 41.4 Å². The summed E-state index contributed by atoms with van der Waals surface area (Å²) in [4.78, 5) is 20.7. The number of nitrogens with zero attached hydrogens (tertiary/aromatic N) is 2. The number of phenolic OH excluding ortho intramolecular Hbond substituents is 1.